The van der Waals surface area contributed by atoms with E-state index in [-0.39, 0.29) is 43.3 Å². The maximum atomic E-state index is 12.8. The van der Waals surface area contributed by atoms with Gasteiger partial charge in [0.25, 0.3) is 0 Å². The number of hydrogen-bond donors (Lipinski definition) is 0. The highest BCUT2D eigenvalue weighted by atomic mass is 35.5. The Balaban J connectivity index is 1.54. The Kier molecular flexibility index (Phi) is 8.55. The smallest absolute Gasteiger partial charge is 0.185 e. The second-order valence-electron chi connectivity index (χ2n) is 7.60. The number of carbonyl (C=O) groups excluding carboxylic acids is 1. The first-order valence-corrected chi connectivity index (χ1v) is 12.5. The summed E-state index contributed by atoms with van der Waals surface area (Å²) in [5.74, 6) is 0.566. The maximum absolute atomic E-state index is 12.8. The molecule has 184 valence electrons. The van der Waals surface area contributed by atoms with Crippen LogP contribution in [0.25, 0.3) is 11.8 Å². The summed E-state index contributed by atoms with van der Waals surface area (Å²) in [6.45, 7) is 0.0471. The molecule has 3 aromatic carbocycles. The molecule has 36 heavy (non-hydrogen) atoms. The highest BCUT2D eigenvalue weighted by molar-refractivity contribution is 6.55. The summed E-state index contributed by atoms with van der Waals surface area (Å²) in [5, 5.41) is 0.253. The summed E-state index contributed by atoms with van der Waals surface area (Å²) >= 11 is 30.8. The molecule has 0 atom stereocenters. The first-order valence-electron chi connectivity index (χ1n) is 10.6. The first-order chi connectivity index (χ1) is 17.3. The van der Waals surface area contributed by atoms with E-state index in [9.17, 15) is 4.79 Å². The van der Waals surface area contributed by atoms with Crippen LogP contribution in [0.4, 0.5) is 0 Å². The van der Waals surface area contributed by atoms with Gasteiger partial charge in [0.1, 0.15) is 22.4 Å². The van der Waals surface area contributed by atoms with Gasteiger partial charge in [-0.1, -0.05) is 82.3 Å². The minimum atomic E-state index is -0.123. The monoisotopic (exact) mass is 579 g/mol. The Morgan fingerprint density at radius 1 is 0.861 bits per heavy atom. The van der Waals surface area contributed by atoms with Crippen LogP contribution in [0.2, 0.25) is 25.1 Å². The third-order valence-corrected chi connectivity index (χ3v) is 7.55. The lowest BCUT2D eigenvalue weighted by Crippen LogP contribution is -2.01. The van der Waals surface area contributed by atoms with Crippen LogP contribution in [-0.2, 0) is 6.61 Å². The summed E-state index contributed by atoms with van der Waals surface area (Å²) in [5.41, 5.74) is 2.95. The van der Waals surface area contributed by atoms with Crippen molar-refractivity contribution >= 4 is 69.9 Å². The number of nitrogens with zero attached hydrogens (tertiary/aromatic N) is 1. The highest BCUT2D eigenvalue weighted by Crippen LogP contribution is 2.48. The fraction of sp³-hybridized carbons (Fsp3) is 0.0741. The van der Waals surface area contributed by atoms with E-state index in [0.717, 1.165) is 11.3 Å². The van der Waals surface area contributed by atoms with E-state index >= 15 is 0 Å². The molecular weight excluding hydrogens is 564 g/mol. The third-order valence-electron chi connectivity index (χ3n) is 5.31. The van der Waals surface area contributed by atoms with Crippen molar-refractivity contribution in [1.82, 2.24) is 4.57 Å². The Morgan fingerprint density at radius 2 is 1.53 bits per heavy atom. The summed E-state index contributed by atoms with van der Waals surface area (Å²) in [7, 11) is 1.55. The van der Waals surface area contributed by atoms with E-state index < -0.39 is 0 Å². The van der Waals surface area contributed by atoms with Gasteiger partial charge >= 0.3 is 0 Å². The van der Waals surface area contributed by atoms with Gasteiger partial charge in [-0.25, -0.2) is 0 Å². The second kappa shape index (κ2) is 11.6. The van der Waals surface area contributed by atoms with E-state index in [2.05, 4.69) is 0 Å². The van der Waals surface area contributed by atoms with Crippen molar-refractivity contribution in [2.75, 3.05) is 7.11 Å². The highest BCUT2D eigenvalue weighted by Gasteiger charge is 2.21. The molecule has 0 N–H and O–H groups in total. The van der Waals surface area contributed by atoms with Crippen molar-refractivity contribution in [3.8, 4) is 17.2 Å². The predicted molar refractivity (Wildman–Crippen MR) is 148 cm³/mol. The SMILES string of the molecule is COc1ccc(/C=C/C(=O)c2cccc(-n3cccc3)c2)cc1COc1c(Cl)c(Cl)c(Cl)c(Cl)c1Cl. The Hall–Kier alpha value is -2.60. The van der Waals surface area contributed by atoms with Gasteiger partial charge in [-0.2, -0.15) is 0 Å². The van der Waals surface area contributed by atoms with Crippen LogP contribution in [0.15, 0.2) is 73.1 Å². The molecule has 0 bridgehead atoms. The topological polar surface area (TPSA) is 40.5 Å². The van der Waals surface area contributed by atoms with Crippen molar-refractivity contribution < 1.29 is 14.3 Å². The average molecular weight is 582 g/mol. The molecule has 0 aliphatic carbocycles. The molecule has 0 fully saturated rings. The molecule has 0 unspecified atom stereocenters. The number of halogens is 5. The molecule has 0 amide bonds. The Labute approximate surface area is 233 Å². The largest absolute Gasteiger partial charge is 0.496 e. The predicted octanol–water partition coefficient (Wildman–Crippen LogP) is 9.23. The van der Waals surface area contributed by atoms with Gasteiger partial charge in [-0.3, -0.25) is 4.79 Å². The average Bonchev–Trinajstić information content (AvgIpc) is 3.45. The summed E-state index contributed by atoms with van der Waals surface area (Å²) in [6, 6.07) is 16.7. The van der Waals surface area contributed by atoms with E-state index in [1.807, 2.05) is 59.4 Å². The molecule has 1 heterocycles. The fourth-order valence-electron chi connectivity index (χ4n) is 3.47. The van der Waals surface area contributed by atoms with Crippen molar-refractivity contribution in [3.05, 3.63) is 115 Å². The molecule has 9 heteroatoms. The van der Waals surface area contributed by atoms with Crippen LogP contribution >= 0.6 is 58.0 Å². The standard InChI is InChI=1S/C27H18Cl5NO3/c1-35-21-10-8-16(7-9-20(34)17-5-4-6-19(14-17)33-11-2-3-12-33)13-18(21)15-36-27-25(31)23(29)22(28)24(30)26(27)32/h2-14H,15H2,1H3/b9-7+. The molecule has 4 nitrogen and oxygen atoms in total. The number of benzene rings is 3. The number of ketones is 1. The van der Waals surface area contributed by atoms with Gasteiger partial charge in [-0.15, -0.1) is 0 Å². The zero-order valence-electron chi connectivity index (χ0n) is 18.8. The summed E-state index contributed by atoms with van der Waals surface area (Å²) < 4.78 is 13.2. The quantitative estimate of drug-likeness (QED) is 0.0901. The first kappa shape index (κ1) is 26.5. The van der Waals surface area contributed by atoms with Gasteiger partial charge in [0.2, 0.25) is 0 Å². The van der Waals surface area contributed by atoms with Crippen molar-refractivity contribution in [2.24, 2.45) is 0 Å². The summed E-state index contributed by atoms with van der Waals surface area (Å²) in [4.78, 5) is 12.8. The van der Waals surface area contributed by atoms with Gasteiger partial charge < -0.3 is 14.0 Å². The molecule has 1 aromatic heterocycles. The lowest BCUT2D eigenvalue weighted by molar-refractivity contribution is 0.104. The molecule has 0 saturated heterocycles. The van der Waals surface area contributed by atoms with Crippen LogP contribution in [0.5, 0.6) is 11.5 Å². The van der Waals surface area contributed by atoms with E-state index in [1.165, 1.54) is 6.08 Å². The fourth-order valence-corrected chi connectivity index (χ4v) is 4.70. The summed E-state index contributed by atoms with van der Waals surface area (Å²) in [6.07, 6.45) is 7.09. The minimum Gasteiger partial charge on any atom is -0.496 e. The number of ether oxygens (including phenoxy) is 2. The lowest BCUT2D eigenvalue weighted by Gasteiger charge is -2.15. The van der Waals surface area contributed by atoms with Crippen LogP contribution < -0.4 is 9.47 Å². The molecule has 0 radical (unpaired) electrons. The van der Waals surface area contributed by atoms with Crippen LogP contribution in [-0.4, -0.2) is 17.5 Å². The van der Waals surface area contributed by atoms with E-state index in [0.29, 0.717) is 16.9 Å². The van der Waals surface area contributed by atoms with Gasteiger partial charge in [-0.05, 0) is 48.0 Å². The van der Waals surface area contributed by atoms with Crippen LogP contribution in [0.3, 0.4) is 0 Å². The lowest BCUT2D eigenvalue weighted by atomic mass is 10.1. The molecule has 4 aromatic rings. The minimum absolute atomic E-state index is 0.0470. The van der Waals surface area contributed by atoms with E-state index in [4.69, 9.17) is 67.5 Å². The number of rotatable bonds is 8. The Morgan fingerprint density at radius 3 is 2.19 bits per heavy atom. The van der Waals surface area contributed by atoms with Crippen LogP contribution in [0, 0.1) is 0 Å². The number of carbonyl (C=O) groups is 1. The zero-order valence-corrected chi connectivity index (χ0v) is 22.6. The maximum Gasteiger partial charge on any atom is 0.185 e. The second-order valence-corrected chi connectivity index (χ2v) is 9.49. The van der Waals surface area contributed by atoms with Gasteiger partial charge in [0, 0.05) is 29.2 Å². The number of hydrogen-bond acceptors (Lipinski definition) is 3. The normalized spacial score (nSPS) is 11.2. The third kappa shape index (κ3) is 5.69. The molecule has 0 spiro atoms. The van der Waals surface area contributed by atoms with Crippen molar-refractivity contribution in [2.45, 2.75) is 6.61 Å². The molecule has 4 rings (SSSR count). The van der Waals surface area contributed by atoms with Gasteiger partial charge in [0.05, 0.1) is 22.2 Å². The van der Waals surface area contributed by atoms with Gasteiger partial charge in [0.15, 0.2) is 11.5 Å². The number of allylic oxidation sites excluding steroid dienone is 1. The Bertz CT molecular complexity index is 1420. The molecule has 0 aliphatic heterocycles. The molecule has 0 saturated carbocycles. The molecular formula is C27H18Cl5NO3. The number of methoxy groups -OCH3 is 1. The number of aromatic nitrogens is 1. The van der Waals surface area contributed by atoms with Crippen LogP contribution in [0.1, 0.15) is 21.5 Å². The van der Waals surface area contributed by atoms with Crippen molar-refractivity contribution in [3.63, 3.8) is 0 Å². The van der Waals surface area contributed by atoms with E-state index in [1.54, 1.807) is 25.3 Å². The molecule has 0 aliphatic rings. The van der Waals surface area contributed by atoms with Crippen molar-refractivity contribution in [1.29, 1.82) is 0 Å². The zero-order chi connectivity index (χ0) is 25.8.